The smallest absolute Gasteiger partial charge is 0.226 e. The van der Waals surface area contributed by atoms with Gasteiger partial charge in [0.1, 0.15) is 11.6 Å². The van der Waals surface area contributed by atoms with Crippen LogP contribution in [0.4, 0.5) is 5.82 Å². The molecule has 1 unspecified atom stereocenters. The van der Waals surface area contributed by atoms with Gasteiger partial charge in [0.05, 0.1) is 12.3 Å². The highest BCUT2D eigenvalue weighted by Gasteiger charge is 2.33. The van der Waals surface area contributed by atoms with Crippen molar-refractivity contribution in [3.05, 3.63) is 59.0 Å². The number of aromatic nitrogens is 6. The molecule has 0 aliphatic carbocycles. The number of hydrogen-bond acceptors (Lipinski definition) is 6. The van der Waals surface area contributed by atoms with Crippen LogP contribution in [0.15, 0.2) is 36.4 Å². The average molecular weight is 403 g/mol. The summed E-state index contributed by atoms with van der Waals surface area (Å²) in [4.78, 5) is 12.6. The molecule has 9 nitrogen and oxygen atoms in total. The van der Waals surface area contributed by atoms with Gasteiger partial charge in [-0.15, -0.1) is 15.3 Å². The Bertz CT molecular complexity index is 1260. The van der Waals surface area contributed by atoms with E-state index < -0.39 is 0 Å². The molecule has 152 valence electrons. The number of aryl methyl sites for hydroxylation is 2. The highest BCUT2D eigenvalue weighted by atomic mass is 16.5. The minimum absolute atomic E-state index is 0.0518. The van der Waals surface area contributed by atoms with E-state index in [9.17, 15) is 4.79 Å². The summed E-state index contributed by atoms with van der Waals surface area (Å²) in [6, 6.07) is 11.6. The summed E-state index contributed by atoms with van der Waals surface area (Å²) in [5, 5.41) is 20.4. The van der Waals surface area contributed by atoms with Gasteiger partial charge in [-0.05, 0) is 50.6 Å². The van der Waals surface area contributed by atoms with Gasteiger partial charge in [-0.3, -0.25) is 4.79 Å². The molecule has 0 saturated carbocycles. The summed E-state index contributed by atoms with van der Waals surface area (Å²) >= 11 is 0. The number of nitrogens with one attached hydrogen (secondary N) is 1. The number of carbonyl (C=O) groups is 1. The molecule has 0 radical (unpaired) electrons. The highest BCUT2D eigenvalue weighted by molar-refractivity contribution is 5.95. The lowest BCUT2D eigenvalue weighted by molar-refractivity contribution is -0.116. The summed E-state index contributed by atoms with van der Waals surface area (Å²) in [6.07, 6.45) is 0.366. The molecule has 9 heteroatoms. The van der Waals surface area contributed by atoms with Gasteiger partial charge in [-0.25, -0.2) is 0 Å². The molecule has 5 rings (SSSR count). The minimum atomic E-state index is -0.0847. The van der Waals surface area contributed by atoms with Crippen LogP contribution in [0.2, 0.25) is 0 Å². The van der Waals surface area contributed by atoms with E-state index in [1.165, 1.54) is 0 Å². The number of amides is 1. The lowest BCUT2D eigenvalue weighted by atomic mass is 9.86. The fourth-order valence-corrected chi connectivity index (χ4v) is 3.96. The van der Waals surface area contributed by atoms with Crippen LogP contribution in [0.5, 0.6) is 5.75 Å². The van der Waals surface area contributed by atoms with Crippen LogP contribution in [0.3, 0.4) is 0 Å². The molecule has 0 saturated heterocycles. The van der Waals surface area contributed by atoms with Crippen molar-refractivity contribution in [3.8, 4) is 11.6 Å². The molecule has 4 heterocycles. The van der Waals surface area contributed by atoms with Crippen LogP contribution in [0.1, 0.15) is 41.9 Å². The molecule has 1 aromatic carbocycles. The Balaban J connectivity index is 1.61. The first kappa shape index (κ1) is 18.3. The van der Waals surface area contributed by atoms with E-state index in [1.807, 2.05) is 57.2 Å². The maximum absolute atomic E-state index is 12.6. The van der Waals surface area contributed by atoms with E-state index >= 15 is 0 Å². The van der Waals surface area contributed by atoms with E-state index in [-0.39, 0.29) is 11.8 Å². The van der Waals surface area contributed by atoms with Crippen LogP contribution in [-0.4, -0.2) is 42.1 Å². The number of ether oxygens (including phenoxy) is 1. The van der Waals surface area contributed by atoms with Gasteiger partial charge in [0.2, 0.25) is 5.91 Å². The summed E-state index contributed by atoms with van der Waals surface area (Å²) in [5.41, 5.74) is 3.56. The van der Waals surface area contributed by atoms with Crippen molar-refractivity contribution in [2.45, 2.75) is 33.1 Å². The number of nitrogens with zero attached hydrogens (tertiary/aromatic N) is 6. The van der Waals surface area contributed by atoms with Gasteiger partial charge in [0.25, 0.3) is 0 Å². The number of carbonyl (C=O) groups excluding carboxylic acids is 1. The Hall–Kier alpha value is -3.75. The Morgan fingerprint density at radius 1 is 1.10 bits per heavy atom. The van der Waals surface area contributed by atoms with E-state index in [4.69, 9.17) is 9.84 Å². The number of rotatable bonds is 4. The van der Waals surface area contributed by atoms with Crippen LogP contribution in [0.25, 0.3) is 11.5 Å². The van der Waals surface area contributed by atoms with Crippen LogP contribution < -0.4 is 10.1 Å². The van der Waals surface area contributed by atoms with E-state index in [0.29, 0.717) is 36.1 Å². The Morgan fingerprint density at radius 3 is 2.67 bits per heavy atom. The Labute approximate surface area is 172 Å². The monoisotopic (exact) mass is 403 g/mol. The van der Waals surface area contributed by atoms with Gasteiger partial charge in [-0.2, -0.15) is 14.3 Å². The van der Waals surface area contributed by atoms with E-state index in [1.54, 1.807) is 9.20 Å². The molecule has 1 atom stereocenters. The van der Waals surface area contributed by atoms with Gasteiger partial charge < -0.3 is 10.1 Å². The topological polar surface area (TPSA) is 99.2 Å². The van der Waals surface area contributed by atoms with Gasteiger partial charge in [0.15, 0.2) is 17.3 Å². The maximum atomic E-state index is 12.6. The lowest BCUT2D eigenvalue weighted by Gasteiger charge is -2.24. The SMILES string of the molecule is CCOc1ccc(C2CC(=O)Nc3c2c(C)nn3-c2ccc3nnc(C)n3n2)cc1. The lowest BCUT2D eigenvalue weighted by Crippen LogP contribution is -2.25. The molecule has 0 bridgehead atoms. The normalized spacial score (nSPS) is 15.8. The quantitative estimate of drug-likeness (QED) is 0.563. The predicted molar refractivity (Wildman–Crippen MR) is 110 cm³/mol. The summed E-state index contributed by atoms with van der Waals surface area (Å²) in [5.74, 6) is 2.60. The average Bonchev–Trinajstić information content (AvgIpc) is 3.28. The molecule has 1 aliphatic heterocycles. The minimum Gasteiger partial charge on any atom is -0.494 e. The molecule has 0 fully saturated rings. The van der Waals surface area contributed by atoms with Crippen molar-refractivity contribution in [1.29, 1.82) is 0 Å². The summed E-state index contributed by atoms with van der Waals surface area (Å²) in [6.45, 7) is 6.36. The predicted octanol–water partition coefficient (Wildman–Crippen LogP) is 2.80. The maximum Gasteiger partial charge on any atom is 0.226 e. The first-order chi connectivity index (χ1) is 14.5. The molecule has 1 aliphatic rings. The van der Waals surface area contributed by atoms with Crippen LogP contribution >= 0.6 is 0 Å². The zero-order valence-corrected chi connectivity index (χ0v) is 17.0. The van der Waals surface area contributed by atoms with Crippen molar-refractivity contribution in [2.75, 3.05) is 11.9 Å². The van der Waals surface area contributed by atoms with Gasteiger partial charge in [0, 0.05) is 17.9 Å². The fraction of sp³-hybridized carbons (Fsp3) is 0.286. The molecule has 1 amide bonds. The number of anilines is 1. The third-order valence-corrected chi connectivity index (χ3v) is 5.32. The third-order valence-electron chi connectivity index (χ3n) is 5.32. The summed E-state index contributed by atoms with van der Waals surface area (Å²) in [7, 11) is 0. The molecule has 1 N–H and O–H groups in total. The molecular formula is C21H21N7O2. The largest absolute Gasteiger partial charge is 0.494 e. The van der Waals surface area contributed by atoms with Gasteiger partial charge >= 0.3 is 0 Å². The zero-order valence-electron chi connectivity index (χ0n) is 17.0. The fourth-order valence-electron chi connectivity index (χ4n) is 3.96. The zero-order chi connectivity index (χ0) is 20.8. The van der Waals surface area contributed by atoms with Gasteiger partial charge in [-0.1, -0.05) is 12.1 Å². The number of fused-ring (bicyclic) bond motifs is 2. The van der Waals surface area contributed by atoms with Crippen molar-refractivity contribution >= 4 is 17.4 Å². The second kappa shape index (κ2) is 6.94. The van der Waals surface area contributed by atoms with Crippen LogP contribution in [-0.2, 0) is 4.79 Å². The van der Waals surface area contributed by atoms with E-state index in [2.05, 4.69) is 20.6 Å². The Kier molecular flexibility index (Phi) is 4.23. The van der Waals surface area contributed by atoms with Crippen molar-refractivity contribution < 1.29 is 9.53 Å². The standard InChI is InChI=1S/C21H21N7O2/c1-4-30-15-7-5-14(6-8-15)16-11-19(29)22-21-20(16)12(2)25-28(21)18-10-9-17-24-23-13(3)27(17)26-18/h5-10,16H,4,11H2,1-3H3,(H,22,29). The first-order valence-electron chi connectivity index (χ1n) is 9.86. The van der Waals surface area contributed by atoms with E-state index in [0.717, 1.165) is 22.6 Å². The third kappa shape index (κ3) is 2.90. The second-order valence-electron chi connectivity index (χ2n) is 7.28. The molecule has 0 spiro atoms. The number of benzene rings is 1. The summed E-state index contributed by atoms with van der Waals surface area (Å²) < 4.78 is 8.89. The molecular weight excluding hydrogens is 382 g/mol. The van der Waals surface area contributed by atoms with Crippen molar-refractivity contribution in [1.82, 2.24) is 29.6 Å². The highest BCUT2D eigenvalue weighted by Crippen LogP contribution is 2.40. The molecule has 3 aromatic heterocycles. The number of hydrogen-bond donors (Lipinski definition) is 1. The van der Waals surface area contributed by atoms with Crippen molar-refractivity contribution in [2.24, 2.45) is 0 Å². The van der Waals surface area contributed by atoms with Crippen molar-refractivity contribution in [3.63, 3.8) is 0 Å². The Morgan fingerprint density at radius 2 is 1.90 bits per heavy atom. The first-order valence-corrected chi connectivity index (χ1v) is 9.86. The molecule has 4 aromatic rings. The second-order valence-corrected chi connectivity index (χ2v) is 7.28. The molecule has 30 heavy (non-hydrogen) atoms. The van der Waals surface area contributed by atoms with Crippen LogP contribution in [0, 0.1) is 13.8 Å².